The number of aliphatic carboxylic acids is 1. The van der Waals surface area contributed by atoms with Gasteiger partial charge in [0, 0.05) is 18.0 Å². The first-order valence-electron chi connectivity index (χ1n) is 8.24. The van der Waals surface area contributed by atoms with Crippen LogP contribution in [-0.4, -0.2) is 30.8 Å². The number of anilines is 2. The van der Waals surface area contributed by atoms with Crippen molar-refractivity contribution in [2.24, 2.45) is 0 Å². The summed E-state index contributed by atoms with van der Waals surface area (Å²) in [5.41, 5.74) is 1.24. The van der Waals surface area contributed by atoms with E-state index in [4.69, 9.17) is 5.11 Å². The summed E-state index contributed by atoms with van der Waals surface area (Å²) in [6.07, 6.45) is -0.229. The summed E-state index contributed by atoms with van der Waals surface area (Å²) in [4.78, 5) is 19.0. The lowest BCUT2D eigenvalue weighted by atomic mass is 10.1. The molecule has 0 unspecified atom stereocenters. The van der Waals surface area contributed by atoms with Gasteiger partial charge in [0.2, 0.25) is 0 Å². The van der Waals surface area contributed by atoms with Crippen molar-refractivity contribution < 1.29 is 23.1 Å². The molecule has 0 spiro atoms. The third-order valence-corrected chi connectivity index (χ3v) is 3.80. The Balaban J connectivity index is 1.83. The van der Waals surface area contributed by atoms with Gasteiger partial charge < -0.3 is 10.4 Å². The molecule has 0 saturated heterocycles. The summed E-state index contributed by atoms with van der Waals surface area (Å²) < 4.78 is 40.1. The molecule has 3 aromatic rings. The zero-order valence-electron chi connectivity index (χ0n) is 14.7. The lowest BCUT2D eigenvalue weighted by Gasteiger charge is -2.10. The van der Waals surface area contributed by atoms with Gasteiger partial charge in [-0.1, -0.05) is 0 Å². The number of pyridine rings is 2. The number of carboxylic acids is 1. The van der Waals surface area contributed by atoms with Gasteiger partial charge in [-0.3, -0.25) is 9.48 Å². The molecule has 0 aliphatic rings. The van der Waals surface area contributed by atoms with Gasteiger partial charge in [0.25, 0.3) is 0 Å². The van der Waals surface area contributed by atoms with Crippen molar-refractivity contribution in [3.8, 4) is 11.3 Å². The van der Waals surface area contributed by atoms with Gasteiger partial charge in [0.1, 0.15) is 11.6 Å². The molecule has 7 nitrogen and oxygen atoms in total. The van der Waals surface area contributed by atoms with Crippen LogP contribution in [0.15, 0.2) is 42.9 Å². The Bertz CT molecular complexity index is 1000. The van der Waals surface area contributed by atoms with Crippen molar-refractivity contribution in [1.82, 2.24) is 19.7 Å². The van der Waals surface area contributed by atoms with Crippen LogP contribution in [0, 0.1) is 6.92 Å². The van der Waals surface area contributed by atoms with E-state index >= 15 is 0 Å². The fraction of sp³-hybridized carbons (Fsp3) is 0.222. The van der Waals surface area contributed by atoms with E-state index in [-0.39, 0.29) is 18.8 Å². The average Bonchev–Trinajstić information content (AvgIpc) is 3.08. The highest BCUT2D eigenvalue weighted by molar-refractivity contribution is 5.66. The molecule has 0 radical (unpaired) electrons. The first-order valence-corrected chi connectivity index (χ1v) is 8.24. The van der Waals surface area contributed by atoms with E-state index in [2.05, 4.69) is 20.4 Å². The number of carbonyl (C=O) groups is 1. The van der Waals surface area contributed by atoms with Crippen LogP contribution < -0.4 is 5.32 Å². The zero-order valence-corrected chi connectivity index (χ0v) is 14.7. The number of nitrogens with one attached hydrogen (secondary N) is 1. The number of hydrogen-bond donors (Lipinski definition) is 2. The average molecular weight is 391 g/mol. The van der Waals surface area contributed by atoms with Crippen LogP contribution in [0.3, 0.4) is 0 Å². The number of nitrogens with zero attached hydrogens (tertiary/aromatic N) is 4. The Labute approximate surface area is 157 Å². The predicted octanol–water partition coefficient (Wildman–Crippen LogP) is 3.89. The maximum Gasteiger partial charge on any atom is 0.416 e. The Morgan fingerprint density at radius 1 is 1.25 bits per heavy atom. The van der Waals surface area contributed by atoms with Crippen LogP contribution in [0.5, 0.6) is 0 Å². The topological polar surface area (TPSA) is 92.9 Å². The highest BCUT2D eigenvalue weighted by Gasteiger charge is 2.30. The van der Waals surface area contributed by atoms with Gasteiger partial charge in [-0.2, -0.15) is 18.3 Å². The quantitative estimate of drug-likeness (QED) is 0.662. The molecule has 0 saturated carbocycles. The summed E-state index contributed by atoms with van der Waals surface area (Å²) >= 11 is 0. The predicted molar refractivity (Wildman–Crippen MR) is 95.0 cm³/mol. The second-order valence-electron chi connectivity index (χ2n) is 6.10. The van der Waals surface area contributed by atoms with Crippen LogP contribution >= 0.6 is 0 Å². The molecular weight excluding hydrogens is 375 g/mol. The molecule has 0 aliphatic carbocycles. The zero-order chi connectivity index (χ0) is 20.3. The Morgan fingerprint density at radius 2 is 2.04 bits per heavy atom. The third kappa shape index (κ3) is 4.84. The number of rotatable bonds is 6. The Morgan fingerprint density at radius 3 is 2.75 bits per heavy atom. The van der Waals surface area contributed by atoms with Gasteiger partial charge in [0.05, 0.1) is 30.4 Å². The number of carboxylic acid groups (broad SMARTS) is 1. The second-order valence-corrected chi connectivity index (χ2v) is 6.10. The first-order chi connectivity index (χ1) is 13.2. The van der Waals surface area contributed by atoms with Crippen LogP contribution in [-0.2, 0) is 17.5 Å². The molecule has 0 aliphatic heterocycles. The fourth-order valence-electron chi connectivity index (χ4n) is 2.51. The van der Waals surface area contributed by atoms with Crippen LogP contribution in [0.1, 0.15) is 17.5 Å². The van der Waals surface area contributed by atoms with Gasteiger partial charge in [-0.05, 0) is 36.8 Å². The highest BCUT2D eigenvalue weighted by atomic mass is 19.4. The normalized spacial score (nSPS) is 11.4. The maximum absolute atomic E-state index is 12.9. The molecule has 2 N–H and O–H groups in total. The Hall–Kier alpha value is -3.43. The third-order valence-electron chi connectivity index (χ3n) is 3.80. The number of aryl methyl sites for hydroxylation is 2. The minimum atomic E-state index is -4.46. The number of alkyl halides is 3. The van der Waals surface area contributed by atoms with Crippen molar-refractivity contribution in [3.05, 3.63) is 54.0 Å². The molecule has 0 bridgehead atoms. The van der Waals surface area contributed by atoms with Gasteiger partial charge in [-0.25, -0.2) is 9.97 Å². The van der Waals surface area contributed by atoms with Crippen molar-refractivity contribution in [1.29, 1.82) is 0 Å². The van der Waals surface area contributed by atoms with E-state index < -0.39 is 17.7 Å². The van der Waals surface area contributed by atoms with Crippen LogP contribution in [0.4, 0.5) is 24.8 Å². The molecule has 3 aromatic heterocycles. The summed E-state index contributed by atoms with van der Waals surface area (Å²) in [7, 11) is 0. The second kappa shape index (κ2) is 7.67. The molecular formula is C18H16F3N5O2. The molecule has 146 valence electrons. The minimum absolute atomic E-state index is 0.0241. The van der Waals surface area contributed by atoms with E-state index in [1.807, 2.05) is 6.92 Å². The molecule has 0 atom stereocenters. The summed E-state index contributed by atoms with van der Waals surface area (Å²) in [5, 5.41) is 15.6. The standard InChI is InChI=1S/C18H16F3N5O2/c1-11-6-14(12-9-23-26(10-12)5-3-17(27)28)24-16(7-11)25-15-8-13(2-4-22-15)18(19,20)21/h2,4,6-10H,3,5H2,1H3,(H,27,28)(H,22,24,25). The molecule has 10 heteroatoms. The molecule has 3 rings (SSSR count). The van der Waals surface area contributed by atoms with Crippen molar-refractivity contribution in [2.75, 3.05) is 5.32 Å². The Kier molecular flexibility index (Phi) is 5.30. The molecule has 0 fully saturated rings. The van der Waals surface area contributed by atoms with Crippen molar-refractivity contribution in [3.63, 3.8) is 0 Å². The largest absolute Gasteiger partial charge is 0.481 e. The highest BCUT2D eigenvalue weighted by Crippen LogP contribution is 2.30. The smallest absolute Gasteiger partial charge is 0.416 e. The van der Waals surface area contributed by atoms with E-state index in [0.717, 1.165) is 23.9 Å². The maximum atomic E-state index is 12.9. The minimum Gasteiger partial charge on any atom is -0.481 e. The van der Waals surface area contributed by atoms with E-state index in [1.165, 1.54) is 4.68 Å². The summed E-state index contributed by atoms with van der Waals surface area (Å²) in [5.74, 6) is -0.568. The monoisotopic (exact) mass is 391 g/mol. The van der Waals surface area contributed by atoms with Gasteiger partial charge >= 0.3 is 12.1 Å². The van der Waals surface area contributed by atoms with Crippen LogP contribution in [0.25, 0.3) is 11.3 Å². The SMILES string of the molecule is Cc1cc(Nc2cc(C(F)(F)F)ccn2)nc(-c2cnn(CCC(=O)O)c2)c1. The van der Waals surface area contributed by atoms with E-state index in [9.17, 15) is 18.0 Å². The van der Waals surface area contributed by atoms with E-state index in [0.29, 0.717) is 17.1 Å². The fourth-order valence-corrected chi connectivity index (χ4v) is 2.51. The van der Waals surface area contributed by atoms with Crippen LogP contribution in [0.2, 0.25) is 0 Å². The first kappa shape index (κ1) is 19.3. The molecule has 0 aromatic carbocycles. The number of aromatic nitrogens is 4. The van der Waals surface area contributed by atoms with E-state index in [1.54, 1.807) is 24.5 Å². The number of halogens is 3. The van der Waals surface area contributed by atoms with Crippen molar-refractivity contribution in [2.45, 2.75) is 26.1 Å². The molecule has 28 heavy (non-hydrogen) atoms. The van der Waals surface area contributed by atoms with Gasteiger partial charge in [-0.15, -0.1) is 0 Å². The summed E-state index contributed by atoms with van der Waals surface area (Å²) in [6.45, 7) is 2.05. The summed E-state index contributed by atoms with van der Waals surface area (Å²) in [6, 6.07) is 5.28. The number of hydrogen-bond acceptors (Lipinski definition) is 5. The lowest BCUT2D eigenvalue weighted by Crippen LogP contribution is -2.06. The lowest BCUT2D eigenvalue weighted by molar-refractivity contribution is -0.138. The van der Waals surface area contributed by atoms with Gasteiger partial charge in [0.15, 0.2) is 0 Å². The molecule has 3 heterocycles. The van der Waals surface area contributed by atoms with Crippen molar-refractivity contribution >= 4 is 17.6 Å². The molecule has 0 amide bonds.